The molecule has 4 heteroatoms. The molecule has 0 unspecified atom stereocenters. The summed E-state index contributed by atoms with van der Waals surface area (Å²) in [5.41, 5.74) is 6.56. The number of hydrogen-bond acceptors (Lipinski definition) is 3. The molecule has 0 aromatic carbocycles. The van der Waals surface area contributed by atoms with Crippen molar-refractivity contribution in [2.45, 2.75) is 52.4 Å². The first kappa shape index (κ1) is 15.0. The van der Waals surface area contributed by atoms with Gasteiger partial charge in [-0.2, -0.15) is 0 Å². The lowest BCUT2D eigenvalue weighted by Crippen LogP contribution is -2.24. The van der Waals surface area contributed by atoms with Crippen molar-refractivity contribution in [1.82, 2.24) is 5.32 Å². The summed E-state index contributed by atoms with van der Waals surface area (Å²) in [5, 5.41) is 3.56. The molecule has 102 valence electrons. The minimum absolute atomic E-state index is 0.0288. The highest BCUT2D eigenvalue weighted by Gasteiger charge is 2.13. The number of aryl methyl sites for hydroxylation is 1. The lowest BCUT2D eigenvalue weighted by molar-refractivity contribution is 0.0954. The largest absolute Gasteiger partial charge is 0.390 e. The Morgan fingerprint density at radius 3 is 2.67 bits per heavy atom. The Morgan fingerprint density at radius 1 is 1.28 bits per heavy atom. The minimum atomic E-state index is -0.0288. The third-order valence-electron chi connectivity index (χ3n) is 2.90. The number of rotatable bonds is 8. The zero-order chi connectivity index (χ0) is 13.4. The van der Waals surface area contributed by atoms with Crippen LogP contribution in [0.4, 0.5) is 5.00 Å². The standard InChI is InChI=1S/C14H24N2OS/c1-3-5-7-8-11-10-12(13(15)18-11)14(17)16-9-6-4-2/h10H,3-9,15H2,1-2H3,(H,16,17). The van der Waals surface area contributed by atoms with Crippen molar-refractivity contribution in [3.8, 4) is 0 Å². The third kappa shape index (κ3) is 4.69. The Balaban J connectivity index is 2.52. The van der Waals surface area contributed by atoms with Gasteiger partial charge in [0.2, 0.25) is 0 Å². The van der Waals surface area contributed by atoms with Crippen LogP contribution in [-0.2, 0) is 6.42 Å². The highest BCUT2D eigenvalue weighted by molar-refractivity contribution is 7.16. The number of carbonyl (C=O) groups excluding carboxylic acids is 1. The van der Waals surface area contributed by atoms with Gasteiger partial charge in [-0.25, -0.2) is 0 Å². The summed E-state index contributed by atoms with van der Waals surface area (Å²) in [6.45, 7) is 5.03. The Kier molecular flexibility index (Phi) is 6.80. The van der Waals surface area contributed by atoms with Gasteiger partial charge in [0.15, 0.2) is 0 Å². The van der Waals surface area contributed by atoms with Crippen molar-refractivity contribution < 1.29 is 4.79 Å². The van der Waals surface area contributed by atoms with E-state index in [1.807, 2.05) is 6.07 Å². The van der Waals surface area contributed by atoms with E-state index >= 15 is 0 Å². The van der Waals surface area contributed by atoms with Crippen LogP contribution in [0.5, 0.6) is 0 Å². The second-order valence-electron chi connectivity index (χ2n) is 4.56. The summed E-state index contributed by atoms with van der Waals surface area (Å²) in [6, 6.07) is 1.96. The molecule has 0 aliphatic heterocycles. The third-order valence-corrected chi connectivity index (χ3v) is 3.92. The van der Waals surface area contributed by atoms with E-state index in [1.54, 1.807) is 11.3 Å². The number of anilines is 1. The van der Waals surface area contributed by atoms with Crippen LogP contribution >= 0.6 is 11.3 Å². The first-order chi connectivity index (χ1) is 8.69. The molecule has 18 heavy (non-hydrogen) atoms. The van der Waals surface area contributed by atoms with Gasteiger partial charge in [0, 0.05) is 11.4 Å². The molecule has 0 atom stereocenters. The highest BCUT2D eigenvalue weighted by Crippen LogP contribution is 2.26. The molecule has 0 saturated heterocycles. The number of hydrogen-bond donors (Lipinski definition) is 2. The lowest BCUT2D eigenvalue weighted by Gasteiger charge is -2.02. The van der Waals surface area contributed by atoms with Crippen LogP contribution in [-0.4, -0.2) is 12.5 Å². The first-order valence-corrected chi connectivity index (χ1v) is 7.67. The van der Waals surface area contributed by atoms with Crippen LogP contribution in [0.1, 0.15) is 61.2 Å². The number of nitrogen functional groups attached to an aromatic ring is 1. The molecule has 0 fully saturated rings. The Labute approximate surface area is 114 Å². The van der Waals surface area contributed by atoms with Gasteiger partial charge in [-0.15, -0.1) is 11.3 Å². The second-order valence-corrected chi connectivity index (χ2v) is 5.73. The fourth-order valence-electron chi connectivity index (χ4n) is 1.78. The Bertz CT molecular complexity index is 374. The SMILES string of the molecule is CCCCCc1cc(C(=O)NCCCC)c(N)s1. The minimum Gasteiger partial charge on any atom is -0.390 e. The Hall–Kier alpha value is -1.03. The topological polar surface area (TPSA) is 55.1 Å². The van der Waals surface area contributed by atoms with Gasteiger partial charge in [0.1, 0.15) is 0 Å². The van der Waals surface area contributed by atoms with Crippen molar-refractivity contribution in [1.29, 1.82) is 0 Å². The van der Waals surface area contributed by atoms with Crippen molar-refractivity contribution >= 4 is 22.2 Å². The average molecular weight is 268 g/mol. The molecule has 0 spiro atoms. The molecular weight excluding hydrogens is 244 g/mol. The number of nitrogens with one attached hydrogen (secondary N) is 1. The zero-order valence-corrected chi connectivity index (χ0v) is 12.2. The first-order valence-electron chi connectivity index (χ1n) is 6.85. The molecule has 1 amide bonds. The lowest BCUT2D eigenvalue weighted by atomic mass is 10.1. The van der Waals surface area contributed by atoms with Crippen molar-refractivity contribution in [2.24, 2.45) is 0 Å². The summed E-state index contributed by atoms with van der Waals surface area (Å²) < 4.78 is 0. The molecule has 0 bridgehead atoms. The molecule has 0 aliphatic carbocycles. The van der Waals surface area contributed by atoms with E-state index < -0.39 is 0 Å². The van der Waals surface area contributed by atoms with Crippen LogP contribution in [0.3, 0.4) is 0 Å². The van der Waals surface area contributed by atoms with Crippen molar-refractivity contribution in [3.63, 3.8) is 0 Å². The van der Waals surface area contributed by atoms with E-state index in [4.69, 9.17) is 5.73 Å². The normalized spacial score (nSPS) is 10.6. The highest BCUT2D eigenvalue weighted by atomic mass is 32.1. The molecule has 1 rings (SSSR count). The summed E-state index contributed by atoms with van der Waals surface area (Å²) in [4.78, 5) is 13.1. The van der Waals surface area contributed by atoms with E-state index in [0.29, 0.717) is 10.6 Å². The van der Waals surface area contributed by atoms with Crippen molar-refractivity contribution in [3.05, 3.63) is 16.5 Å². The molecule has 3 N–H and O–H groups in total. The van der Waals surface area contributed by atoms with E-state index in [-0.39, 0.29) is 5.91 Å². The monoisotopic (exact) mass is 268 g/mol. The number of nitrogens with two attached hydrogens (primary N) is 1. The van der Waals surface area contributed by atoms with Gasteiger partial charge in [0.05, 0.1) is 10.6 Å². The average Bonchev–Trinajstić information content (AvgIpc) is 2.71. The molecule has 1 heterocycles. The van der Waals surface area contributed by atoms with E-state index in [1.165, 1.54) is 24.1 Å². The maximum Gasteiger partial charge on any atom is 0.254 e. The maximum atomic E-state index is 11.9. The number of carbonyl (C=O) groups is 1. The Morgan fingerprint density at radius 2 is 2.00 bits per heavy atom. The van der Waals surface area contributed by atoms with Crippen LogP contribution < -0.4 is 11.1 Å². The van der Waals surface area contributed by atoms with E-state index in [9.17, 15) is 4.79 Å². The van der Waals surface area contributed by atoms with Gasteiger partial charge >= 0.3 is 0 Å². The molecule has 0 radical (unpaired) electrons. The fraction of sp³-hybridized carbons (Fsp3) is 0.643. The fourth-order valence-corrected chi connectivity index (χ4v) is 2.75. The molecule has 0 aliphatic rings. The number of amides is 1. The van der Waals surface area contributed by atoms with Crippen LogP contribution in [0.25, 0.3) is 0 Å². The number of thiophene rings is 1. The van der Waals surface area contributed by atoms with E-state index in [2.05, 4.69) is 19.2 Å². The van der Waals surface area contributed by atoms with Gasteiger partial charge in [0.25, 0.3) is 5.91 Å². The predicted molar refractivity (Wildman–Crippen MR) is 79.2 cm³/mol. The molecular formula is C14H24N2OS. The molecule has 1 aromatic heterocycles. The van der Waals surface area contributed by atoms with Gasteiger partial charge < -0.3 is 11.1 Å². The summed E-state index contributed by atoms with van der Waals surface area (Å²) >= 11 is 1.55. The van der Waals surface area contributed by atoms with Gasteiger partial charge in [-0.1, -0.05) is 33.1 Å². The van der Waals surface area contributed by atoms with Crippen LogP contribution in [0, 0.1) is 0 Å². The summed E-state index contributed by atoms with van der Waals surface area (Å²) in [7, 11) is 0. The molecule has 0 saturated carbocycles. The molecule has 3 nitrogen and oxygen atoms in total. The van der Waals surface area contributed by atoms with Gasteiger partial charge in [-0.05, 0) is 25.3 Å². The summed E-state index contributed by atoms with van der Waals surface area (Å²) in [6.07, 6.45) is 6.75. The van der Waals surface area contributed by atoms with Crippen LogP contribution in [0.15, 0.2) is 6.07 Å². The zero-order valence-electron chi connectivity index (χ0n) is 11.4. The van der Waals surface area contributed by atoms with Crippen LogP contribution in [0.2, 0.25) is 0 Å². The van der Waals surface area contributed by atoms with Crippen molar-refractivity contribution in [2.75, 3.05) is 12.3 Å². The van der Waals surface area contributed by atoms with Gasteiger partial charge in [-0.3, -0.25) is 4.79 Å². The van der Waals surface area contributed by atoms with E-state index in [0.717, 1.165) is 25.8 Å². The quantitative estimate of drug-likeness (QED) is 0.708. The maximum absolute atomic E-state index is 11.9. The smallest absolute Gasteiger partial charge is 0.254 e. The molecule has 1 aromatic rings. The summed E-state index contributed by atoms with van der Waals surface area (Å²) in [5.74, 6) is -0.0288. The predicted octanol–water partition coefficient (Wildman–Crippen LogP) is 3.59. The number of unbranched alkanes of at least 4 members (excludes halogenated alkanes) is 3. The second kappa shape index (κ2) is 8.14.